The second kappa shape index (κ2) is 8.66. The first kappa shape index (κ1) is 25.2. The van der Waals surface area contributed by atoms with Gasteiger partial charge in [-0.1, -0.05) is 44.5 Å². The van der Waals surface area contributed by atoms with Gasteiger partial charge in [0.25, 0.3) is 5.41 Å². The molecule has 0 spiro atoms. The monoisotopic (exact) mass is 502 g/mol. The molecule has 0 bridgehead atoms. The number of benzene rings is 1. The highest BCUT2D eigenvalue weighted by Crippen LogP contribution is 2.66. The third-order valence-electron chi connectivity index (χ3n) is 8.57. The topological polar surface area (TPSA) is 130 Å². The summed E-state index contributed by atoms with van der Waals surface area (Å²) in [6.45, 7) is 5.78. The number of carboxylic acid groups (broad SMARTS) is 3. The van der Waals surface area contributed by atoms with Gasteiger partial charge < -0.3 is 19.9 Å². The normalized spacial score (nSPS) is 21.0. The van der Waals surface area contributed by atoms with Gasteiger partial charge in [0, 0.05) is 17.5 Å². The Bertz CT molecular complexity index is 1140. The molecule has 2 aromatic rings. The van der Waals surface area contributed by atoms with E-state index in [4.69, 9.17) is 16.6 Å². The van der Waals surface area contributed by atoms with Crippen molar-refractivity contribution in [3.63, 3.8) is 0 Å². The van der Waals surface area contributed by atoms with Gasteiger partial charge >= 0.3 is 17.9 Å². The number of carbonyl (C=O) groups is 3. The number of carboxylic acids is 3. The Kier molecular flexibility index (Phi) is 6.24. The van der Waals surface area contributed by atoms with Crippen LogP contribution in [0.4, 0.5) is 0 Å². The molecule has 1 aromatic carbocycles. The van der Waals surface area contributed by atoms with Crippen LogP contribution in [-0.2, 0) is 32.8 Å². The molecule has 1 aromatic heterocycles. The molecule has 1 fully saturated rings. The third kappa shape index (κ3) is 3.25. The third-order valence-corrected chi connectivity index (χ3v) is 8.82. The highest BCUT2D eigenvalue weighted by Gasteiger charge is 2.77. The molecule has 9 heteroatoms. The van der Waals surface area contributed by atoms with E-state index in [1.807, 2.05) is 30.5 Å². The number of nitrogens with zero attached hydrogens (tertiary/aromatic N) is 2. The highest BCUT2D eigenvalue weighted by atomic mass is 35.5. The van der Waals surface area contributed by atoms with Gasteiger partial charge in [0.2, 0.25) is 0 Å². The molecule has 0 saturated heterocycles. The molecular formula is C26H31ClN2O6. The summed E-state index contributed by atoms with van der Waals surface area (Å²) in [7, 11) is 0. The van der Waals surface area contributed by atoms with E-state index in [0.717, 1.165) is 24.2 Å². The molecule has 0 radical (unpaired) electrons. The van der Waals surface area contributed by atoms with Gasteiger partial charge in [-0.15, -0.1) is 0 Å². The largest absolute Gasteiger partial charge is 0.480 e. The van der Waals surface area contributed by atoms with E-state index in [-0.39, 0.29) is 12.3 Å². The number of hydrogen-bond donors (Lipinski definition) is 3. The van der Waals surface area contributed by atoms with E-state index in [2.05, 4.69) is 0 Å². The molecule has 2 aliphatic carbocycles. The van der Waals surface area contributed by atoms with E-state index in [9.17, 15) is 29.7 Å². The van der Waals surface area contributed by atoms with Crippen molar-refractivity contribution in [1.82, 2.24) is 9.55 Å². The van der Waals surface area contributed by atoms with Gasteiger partial charge in [-0.25, -0.2) is 4.98 Å². The van der Waals surface area contributed by atoms with E-state index in [1.54, 1.807) is 19.1 Å². The first-order valence-corrected chi connectivity index (χ1v) is 12.5. The van der Waals surface area contributed by atoms with Gasteiger partial charge in [0.15, 0.2) is 0 Å². The van der Waals surface area contributed by atoms with Crippen molar-refractivity contribution in [2.75, 3.05) is 0 Å². The number of aliphatic carboxylic acids is 3. The zero-order valence-corrected chi connectivity index (χ0v) is 20.9. The molecule has 1 saturated carbocycles. The van der Waals surface area contributed by atoms with Crippen LogP contribution in [0.25, 0.3) is 0 Å². The number of aromatic nitrogens is 2. The van der Waals surface area contributed by atoms with Crippen LogP contribution >= 0.6 is 11.6 Å². The maximum absolute atomic E-state index is 12.8. The van der Waals surface area contributed by atoms with Crippen molar-refractivity contribution < 1.29 is 29.7 Å². The molecule has 1 atom stereocenters. The Labute approximate surface area is 208 Å². The number of halogens is 1. The van der Waals surface area contributed by atoms with Crippen LogP contribution < -0.4 is 0 Å². The molecule has 1 unspecified atom stereocenters. The second-order valence-electron chi connectivity index (χ2n) is 9.84. The number of hydrogen-bond acceptors (Lipinski definition) is 4. The van der Waals surface area contributed by atoms with Crippen molar-refractivity contribution in [3.8, 4) is 0 Å². The predicted octanol–water partition coefficient (Wildman–Crippen LogP) is 4.71. The fourth-order valence-electron chi connectivity index (χ4n) is 6.74. The number of fused-ring (bicyclic) bond motifs is 1. The predicted molar refractivity (Wildman–Crippen MR) is 129 cm³/mol. The SMILES string of the molecule is CCC1(CC)Cc2nc(C3CC3)n(Cc3ccc(Cl)cc3)c2C1(CC)C(C(=O)O)(C(=O)O)C(=O)O. The fourth-order valence-corrected chi connectivity index (χ4v) is 6.86. The molecule has 4 rings (SSSR count). The molecular weight excluding hydrogens is 472 g/mol. The smallest absolute Gasteiger partial charge is 0.333 e. The minimum atomic E-state index is -3.07. The minimum Gasteiger partial charge on any atom is -0.480 e. The Morgan fingerprint density at radius 2 is 1.54 bits per heavy atom. The van der Waals surface area contributed by atoms with Gasteiger partial charge in [-0.3, -0.25) is 14.4 Å². The van der Waals surface area contributed by atoms with E-state index < -0.39 is 34.2 Å². The van der Waals surface area contributed by atoms with Crippen molar-refractivity contribution in [3.05, 3.63) is 52.1 Å². The first-order valence-electron chi connectivity index (χ1n) is 12.1. The minimum absolute atomic E-state index is 0.0308. The van der Waals surface area contributed by atoms with E-state index >= 15 is 0 Å². The Hall–Kier alpha value is -2.87. The highest BCUT2D eigenvalue weighted by molar-refractivity contribution is 6.30. The quantitative estimate of drug-likeness (QED) is 0.401. The van der Waals surface area contributed by atoms with Crippen LogP contribution in [0.3, 0.4) is 0 Å². The standard InChI is InChI=1S/C26H31ClN2O6/c1-4-24(5-2)13-18-19(25(24,6-3)26(21(30)31,22(32)33)23(34)35)29(20(28-18)16-9-10-16)14-15-7-11-17(27)12-8-15/h7-8,11-12,16H,4-6,9-10,13-14H2,1-3H3,(H,30,31)(H,32,33)(H,34,35). The summed E-state index contributed by atoms with van der Waals surface area (Å²) in [5, 5.41) is 31.8. The number of imidazole rings is 1. The zero-order chi connectivity index (χ0) is 25.8. The van der Waals surface area contributed by atoms with Gasteiger partial charge in [-0.05, 0) is 61.6 Å². The average molecular weight is 503 g/mol. The van der Waals surface area contributed by atoms with Crippen molar-refractivity contribution in [2.45, 2.75) is 77.2 Å². The molecule has 0 amide bonds. The van der Waals surface area contributed by atoms with Crippen molar-refractivity contribution in [1.29, 1.82) is 0 Å². The molecule has 188 valence electrons. The van der Waals surface area contributed by atoms with Crippen molar-refractivity contribution in [2.24, 2.45) is 10.8 Å². The fraction of sp³-hybridized carbons (Fsp3) is 0.538. The number of rotatable bonds is 10. The lowest BCUT2D eigenvalue weighted by Crippen LogP contribution is -2.66. The molecule has 3 N–H and O–H groups in total. The van der Waals surface area contributed by atoms with Crippen LogP contribution in [0.1, 0.15) is 81.6 Å². The Morgan fingerprint density at radius 3 is 1.97 bits per heavy atom. The van der Waals surface area contributed by atoms with Crippen LogP contribution in [0.5, 0.6) is 0 Å². The molecule has 0 aliphatic heterocycles. The molecule has 1 heterocycles. The van der Waals surface area contributed by atoms with E-state index in [0.29, 0.717) is 42.2 Å². The van der Waals surface area contributed by atoms with Gasteiger partial charge in [0.05, 0.1) is 16.8 Å². The lowest BCUT2D eigenvalue weighted by atomic mass is 9.48. The van der Waals surface area contributed by atoms with E-state index in [1.165, 1.54) is 0 Å². The Balaban J connectivity index is 2.11. The summed E-state index contributed by atoms with van der Waals surface area (Å²) in [6, 6.07) is 7.24. The van der Waals surface area contributed by atoms with Crippen molar-refractivity contribution >= 4 is 29.5 Å². The summed E-state index contributed by atoms with van der Waals surface area (Å²) in [4.78, 5) is 43.5. The summed E-state index contributed by atoms with van der Waals surface area (Å²) >= 11 is 6.07. The maximum atomic E-state index is 12.8. The summed E-state index contributed by atoms with van der Waals surface area (Å²) in [5.41, 5.74) is -3.73. The van der Waals surface area contributed by atoms with Gasteiger partial charge in [0.1, 0.15) is 5.82 Å². The lowest BCUT2D eigenvalue weighted by Gasteiger charge is -2.51. The second-order valence-corrected chi connectivity index (χ2v) is 10.3. The average Bonchev–Trinajstić information content (AvgIpc) is 3.54. The van der Waals surface area contributed by atoms with Crippen LogP contribution in [0.2, 0.25) is 5.02 Å². The van der Waals surface area contributed by atoms with Gasteiger partial charge in [-0.2, -0.15) is 0 Å². The first-order chi connectivity index (χ1) is 16.6. The lowest BCUT2D eigenvalue weighted by molar-refractivity contribution is -0.189. The molecule has 8 nitrogen and oxygen atoms in total. The molecule has 2 aliphatic rings. The summed E-state index contributed by atoms with van der Waals surface area (Å²) < 4.78 is 1.93. The maximum Gasteiger partial charge on any atom is 0.333 e. The molecule has 35 heavy (non-hydrogen) atoms. The Morgan fingerprint density at radius 1 is 1.00 bits per heavy atom. The van der Waals surface area contributed by atoms with Crippen LogP contribution in [-0.4, -0.2) is 42.8 Å². The van der Waals surface area contributed by atoms with Crippen LogP contribution in [0.15, 0.2) is 24.3 Å². The summed E-state index contributed by atoms with van der Waals surface area (Å²) in [5.74, 6) is -4.60. The van der Waals surface area contributed by atoms with Crippen LogP contribution in [0, 0.1) is 10.8 Å². The zero-order valence-electron chi connectivity index (χ0n) is 20.2. The summed E-state index contributed by atoms with van der Waals surface area (Å²) in [6.07, 6.45) is 3.08.